The van der Waals surface area contributed by atoms with E-state index >= 15 is 0 Å². The zero-order valence-electron chi connectivity index (χ0n) is 20.8. The van der Waals surface area contributed by atoms with Gasteiger partial charge in [-0.05, 0) is 67.5 Å². The van der Waals surface area contributed by atoms with Gasteiger partial charge in [-0.25, -0.2) is 0 Å². The van der Waals surface area contributed by atoms with Gasteiger partial charge < -0.3 is 19.5 Å². The first-order valence-corrected chi connectivity index (χ1v) is 12.3. The number of nitrogens with zero attached hydrogens (tertiary/aromatic N) is 4. The summed E-state index contributed by atoms with van der Waals surface area (Å²) in [5.41, 5.74) is 5.31. The van der Waals surface area contributed by atoms with E-state index in [1.807, 2.05) is 54.8 Å². The van der Waals surface area contributed by atoms with E-state index in [9.17, 15) is 10.1 Å². The maximum atomic E-state index is 12.0. The molecule has 3 heterocycles. The van der Waals surface area contributed by atoms with Crippen LogP contribution in [0.25, 0.3) is 5.69 Å². The van der Waals surface area contributed by atoms with E-state index in [0.29, 0.717) is 23.1 Å². The molecule has 0 unspecified atom stereocenters. The Kier molecular flexibility index (Phi) is 6.62. The van der Waals surface area contributed by atoms with Crippen LogP contribution in [0.3, 0.4) is 0 Å². The summed E-state index contributed by atoms with van der Waals surface area (Å²) >= 11 is 5.83. The van der Waals surface area contributed by atoms with Crippen LogP contribution in [0.4, 0.5) is 5.69 Å². The number of aryl methyl sites for hydroxylation is 1. The summed E-state index contributed by atoms with van der Waals surface area (Å²) in [5, 5.41) is 16.1. The van der Waals surface area contributed by atoms with Gasteiger partial charge in [-0.3, -0.25) is 15.1 Å². The summed E-state index contributed by atoms with van der Waals surface area (Å²) in [6.07, 6.45) is 1.78. The zero-order valence-corrected chi connectivity index (χ0v) is 21.6. The van der Waals surface area contributed by atoms with Gasteiger partial charge in [-0.15, -0.1) is 0 Å². The molecule has 0 bridgehead atoms. The minimum Gasteiger partial charge on any atom is -0.496 e. The molecular formula is C28H27N5O3S. The largest absolute Gasteiger partial charge is 0.496 e. The van der Waals surface area contributed by atoms with Crippen molar-refractivity contribution in [3.63, 3.8) is 0 Å². The monoisotopic (exact) mass is 513 g/mol. The number of nitrogens with one attached hydrogen (secondary N) is 1. The molecule has 9 heteroatoms. The number of benzene rings is 2. The third-order valence-corrected chi connectivity index (χ3v) is 7.15. The van der Waals surface area contributed by atoms with Crippen molar-refractivity contribution in [3.05, 3.63) is 117 Å². The fourth-order valence-electron chi connectivity index (χ4n) is 5.12. The fourth-order valence-corrected chi connectivity index (χ4v) is 5.42. The van der Waals surface area contributed by atoms with Crippen LogP contribution in [-0.2, 0) is 6.54 Å². The van der Waals surface area contributed by atoms with Crippen LogP contribution in [0.1, 0.15) is 40.3 Å². The van der Waals surface area contributed by atoms with Crippen molar-refractivity contribution in [3.8, 4) is 11.4 Å². The van der Waals surface area contributed by atoms with Gasteiger partial charge in [-0.2, -0.15) is 0 Å². The highest BCUT2D eigenvalue weighted by molar-refractivity contribution is 7.80. The second kappa shape index (κ2) is 10.0. The second-order valence-electron chi connectivity index (χ2n) is 9.01. The van der Waals surface area contributed by atoms with Gasteiger partial charge in [0, 0.05) is 24.1 Å². The predicted octanol–water partition coefficient (Wildman–Crippen LogP) is 5.58. The molecule has 37 heavy (non-hydrogen) atoms. The van der Waals surface area contributed by atoms with E-state index in [2.05, 4.69) is 33.4 Å². The lowest BCUT2D eigenvalue weighted by Crippen LogP contribution is -2.29. The minimum atomic E-state index is -0.374. The molecule has 2 aromatic heterocycles. The molecule has 1 N–H and O–H groups in total. The van der Waals surface area contributed by atoms with Crippen molar-refractivity contribution >= 4 is 23.0 Å². The smallest absolute Gasteiger partial charge is 0.296 e. The summed E-state index contributed by atoms with van der Waals surface area (Å²) in [6.45, 7) is 4.57. The number of ether oxygens (including phenoxy) is 1. The molecule has 1 saturated heterocycles. The van der Waals surface area contributed by atoms with Gasteiger partial charge in [0.05, 0.1) is 35.9 Å². The van der Waals surface area contributed by atoms with Crippen molar-refractivity contribution in [2.75, 3.05) is 7.11 Å². The SMILES string of the molecule is COc1ccc(-n2c(C)cc([C@@H]3[C@H](c4ccccn4)NC(=S)N3Cc3ccccc3)c2C)c([N+](=O)[O-])c1. The van der Waals surface area contributed by atoms with E-state index in [1.165, 1.54) is 13.2 Å². The number of hydrogen-bond donors (Lipinski definition) is 1. The Balaban J connectivity index is 1.65. The van der Waals surface area contributed by atoms with Crippen molar-refractivity contribution in [1.82, 2.24) is 19.8 Å². The molecule has 0 amide bonds. The zero-order chi connectivity index (χ0) is 26.1. The van der Waals surface area contributed by atoms with Crippen LogP contribution < -0.4 is 10.1 Å². The maximum absolute atomic E-state index is 12.0. The Labute approximate surface area is 220 Å². The third-order valence-electron chi connectivity index (χ3n) is 6.80. The molecule has 2 atom stereocenters. The normalized spacial score (nSPS) is 17.1. The Bertz CT molecular complexity index is 1460. The molecule has 1 fully saturated rings. The molecule has 188 valence electrons. The standard InChI is InChI=1S/C28H27N5O3S/c1-18-15-22(19(2)32(18)24-13-12-21(36-3)16-25(24)33(34)35)27-26(23-11-7-8-14-29-23)30-28(37)31(27)17-20-9-5-4-6-10-20/h4-16,26-27H,17H2,1-3H3,(H,30,37)/t26-,27+/m0/s1. The van der Waals surface area contributed by atoms with Crippen LogP contribution in [-0.4, -0.2) is 31.6 Å². The fraction of sp³-hybridized carbons (Fsp3) is 0.214. The maximum Gasteiger partial charge on any atom is 0.296 e. The molecule has 0 spiro atoms. The first-order chi connectivity index (χ1) is 17.9. The highest BCUT2D eigenvalue weighted by Gasteiger charge is 2.41. The minimum absolute atomic E-state index is 0.0183. The summed E-state index contributed by atoms with van der Waals surface area (Å²) in [7, 11) is 1.50. The quantitative estimate of drug-likeness (QED) is 0.196. The number of methoxy groups -OCH3 is 1. The Hall–Kier alpha value is -4.24. The number of hydrogen-bond acceptors (Lipinski definition) is 5. The lowest BCUT2D eigenvalue weighted by molar-refractivity contribution is -0.384. The first-order valence-electron chi connectivity index (χ1n) is 11.9. The lowest BCUT2D eigenvalue weighted by atomic mass is 9.96. The van der Waals surface area contributed by atoms with Gasteiger partial charge in [0.15, 0.2) is 5.11 Å². The molecule has 1 aliphatic rings. The van der Waals surface area contributed by atoms with E-state index in [-0.39, 0.29) is 22.7 Å². The molecular weight excluding hydrogens is 486 g/mol. The molecule has 0 radical (unpaired) electrons. The predicted molar refractivity (Wildman–Crippen MR) is 146 cm³/mol. The summed E-state index contributed by atoms with van der Waals surface area (Å²) in [5.74, 6) is 0.438. The van der Waals surface area contributed by atoms with Gasteiger partial charge in [-0.1, -0.05) is 36.4 Å². The van der Waals surface area contributed by atoms with Crippen molar-refractivity contribution < 1.29 is 9.66 Å². The summed E-state index contributed by atoms with van der Waals surface area (Å²) in [4.78, 5) is 18.4. The van der Waals surface area contributed by atoms with Crippen LogP contribution in [0.15, 0.2) is 79.0 Å². The number of thiocarbonyl (C=S) groups is 1. The van der Waals surface area contributed by atoms with Crippen LogP contribution in [0.2, 0.25) is 0 Å². The van der Waals surface area contributed by atoms with Crippen LogP contribution >= 0.6 is 12.2 Å². The number of rotatable bonds is 7. The highest BCUT2D eigenvalue weighted by atomic mass is 32.1. The van der Waals surface area contributed by atoms with Crippen molar-refractivity contribution in [2.24, 2.45) is 0 Å². The van der Waals surface area contributed by atoms with Gasteiger partial charge >= 0.3 is 0 Å². The number of nitro groups is 1. The average molecular weight is 514 g/mol. The molecule has 0 aliphatic carbocycles. The summed E-state index contributed by atoms with van der Waals surface area (Å²) < 4.78 is 7.17. The van der Waals surface area contributed by atoms with Crippen LogP contribution in [0, 0.1) is 24.0 Å². The van der Waals surface area contributed by atoms with E-state index in [1.54, 1.807) is 18.3 Å². The molecule has 8 nitrogen and oxygen atoms in total. The topological polar surface area (TPSA) is 85.5 Å². The molecule has 5 rings (SSSR count). The van der Waals surface area contributed by atoms with E-state index < -0.39 is 0 Å². The molecule has 0 saturated carbocycles. The lowest BCUT2D eigenvalue weighted by Gasteiger charge is -2.28. The van der Waals surface area contributed by atoms with E-state index in [0.717, 1.165) is 28.2 Å². The van der Waals surface area contributed by atoms with E-state index in [4.69, 9.17) is 17.0 Å². The van der Waals surface area contributed by atoms with Crippen LogP contribution in [0.5, 0.6) is 5.75 Å². The second-order valence-corrected chi connectivity index (χ2v) is 9.40. The number of aromatic nitrogens is 2. The van der Waals surface area contributed by atoms with Crippen molar-refractivity contribution in [1.29, 1.82) is 0 Å². The highest BCUT2D eigenvalue weighted by Crippen LogP contribution is 2.43. The molecule has 4 aromatic rings. The Morgan fingerprint density at radius 2 is 1.84 bits per heavy atom. The number of nitro benzene ring substituents is 1. The summed E-state index contributed by atoms with van der Waals surface area (Å²) in [6, 6.07) is 22.7. The van der Waals surface area contributed by atoms with Gasteiger partial charge in [0.25, 0.3) is 5.69 Å². The molecule has 2 aromatic carbocycles. The first kappa shape index (κ1) is 24.5. The van der Waals surface area contributed by atoms with Gasteiger partial charge in [0.2, 0.25) is 0 Å². The van der Waals surface area contributed by atoms with Crippen molar-refractivity contribution in [2.45, 2.75) is 32.5 Å². The Morgan fingerprint density at radius 3 is 2.51 bits per heavy atom. The molecule has 1 aliphatic heterocycles. The average Bonchev–Trinajstić information content (AvgIpc) is 3.39. The van der Waals surface area contributed by atoms with Gasteiger partial charge in [0.1, 0.15) is 11.4 Å². The Morgan fingerprint density at radius 1 is 1.08 bits per heavy atom. The third kappa shape index (κ3) is 4.53. The number of pyridine rings is 1.